The third-order valence-corrected chi connectivity index (χ3v) is 13.5. The Labute approximate surface area is 488 Å². The van der Waals surface area contributed by atoms with Gasteiger partial charge in [0, 0.05) is 16.6 Å². The normalized spacial score (nSPS) is 15.7. The molecule has 2 aromatic rings. The Morgan fingerprint density at radius 2 is 0.917 bits per heavy atom. The van der Waals surface area contributed by atoms with Crippen LogP contribution < -0.4 is 0 Å². The summed E-state index contributed by atoms with van der Waals surface area (Å²) in [6, 6.07) is 17.3. The molecule has 1 heterocycles. The van der Waals surface area contributed by atoms with E-state index in [2.05, 4.69) is 60.3 Å². The van der Waals surface area contributed by atoms with Gasteiger partial charge < -0.3 is 47.7 Å². The van der Waals surface area contributed by atoms with Crippen molar-refractivity contribution in [2.45, 2.75) is 112 Å². The second kappa shape index (κ2) is 30.1. The average molecular weight is 1370 g/mol. The van der Waals surface area contributed by atoms with E-state index in [9.17, 15) is 95.0 Å². The van der Waals surface area contributed by atoms with Crippen molar-refractivity contribution in [3.05, 3.63) is 71.8 Å². The van der Waals surface area contributed by atoms with Gasteiger partial charge in [0.1, 0.15) is 43.9 Å². The number of cyclic esters (lactones) is 2. The predicted octanol–water partition coefficient (Wildman–Crippen LogP) is 11.8. The number of carbonyl (C=O) groups excluding carboxylic acids is 7. The first-order valence-electron chi connectivity index (χ1n) is 24.0. The summed E-state index contributed by atoms with van der Waals surface area (Å²) in [5.74, 6) is -51.4. The van der Waals surface area contributed by atoms with Crippen molar-refractivity contribution in [2.75, 3.05) is 67.1 Å². The number of aliphatic hydroxyl groups is 1. The summed E-state index contributed by atoms with van der Waals surface area (Å²) in [5, 5.41) is 8.07. The van der Waals surface area contributed by atoms with Crippen molar-refractivity contribution >= 4 is 74.0 Å². The zero-order valence-electron chi connectivity index (χ0n) is 46.0. The Morgan fingerprint density at radius 1 is 0.548 bits per heavy atom. The number of carbonyl (C=O) groups is 7. The third kappa shape index (κ3) is 20.2. The van der Waals surface area contributed by atoms with Gasteiger partial charge in [-0.3, -0.25) is 24.0 Å². The van der Waals surface area contributed by atoms with Crippen LogP contribution in [0, 0.1) is 21.7 Å². The molecular formula is C51H60Br2F14O17. The number of ether oxygens (including phenoxy) is 9. The molecule has 84 heavy (non-hydrogen) atoms. The Kier molecular flexibility index (Phi) is 27.3. The van der Waals surface area contributed by atoms with E-state index in [4.69, 9.17) is 19.3 Å². The lowest BCUT2D eigenvalue weighted by molar-refractivity contribution is -0.428. The molecule has 0 saturated carbocycles. The summed E-state index contributed by atoms with van der Waals surface area (Å²) < 4.78 is 232. The van der Waals surface area contributed by atoms with Gasteiger partial charge in [0.2, 0.25) is 0 Å². The smallest absolute Gasteiger partial charge is 0.468 e. The highest BCUT2D eigenvalue weighted by Crippen LogP contribution is 2.60. The van der Waals surface area contributed by atoms with Crippen molar-refractivity contribution in [2.24, 2.45) is 21.7 Å². The molecule has 2 aromatic carbocycles. The number of hydrogen-bond acceptors (Lipinski definition) is 17. The zero-order chi connectivity index (χ0) is 65.4. The van der Waals surface area contributed by atoms with Gasteiger partial charge in [-0.1, -0.05) is 92.5 Å². The number of alkyl halides is 16. The topological polar surface area (TPSA) is 223 Å². The van der Waals surface area contributed by atoms with Gasteiger partial charge in [0.05, 0.1) is 25.0 Å². The van der Waals surface area contributed by atoms with Crippen LogP contribution in [0.15, 0.2) is 60.7 Å². The highest BCUT2D eigenvalue weighted by atomic mass is 79.9. The summed E-state index contributed by atoms with van der Waals surface area (Å²) in [4.78, 5) is 80.1. The first-order valence-corrected chi connectivity index (χ1v) is 25.8. The first-order chi connectivity index (χ1) is 38.1. The minimum Gasteiger partial charge on any atom is -0.468 e. The molecule has 0 radical (unpaired) electrons. The van der Waals surface area contributed by atoms with Crippen LogP contribution in [0.25, 0.3) is 0 Å². The molecule has 0 aromatic heterocycles. The Bertz CT molecular complexity index is 2520. The van der Waals surface area contributed by atoms with Crippen molar-refractivity contribution in [3.63, 3.8) is 0 Å². The summed E-state index contributed by atoms with van der Waals surface area (Å²) in [6.45, 7) is -0.666. The molecule has 3 rings (SSSR count). The minimum atomic E-state index is -7.80. The number of rotatable bonds is 26. The maximum atomic E-state index is 14.2. The van der Waals surface area contributed by atoms with Crippen LogP contribution in [-0.2, 0) is 66.6 Å². The van der Waals surface area contributed by atoms with E-state index in [1.54, 1.807) is 51.1 Å². The van der Waals surface area contributed by atoms with Crippen LogP contribution in [0.2, 0.25) is 0 Å². The first kappa shape index (κ1) is 76.3. The number of aliphatic hydroxyl groups excluding tert-OH is 1. The van der Waals surface area contributed by atoms with E-state index in [0.717, 1.165) is 33.4 Å². The molecule has 1 aliphatic heterocycles. The molecule has 0 spiro atoms. The van der Waals surface area contributed by atoms with E-state index in [1.807, 2.05) is 30.3 Å². The number of benzene rings is 2. The van der Waals surface area contributed by atoms with E-state index < -0.39 is 150 Å². The molecule has 1 saturated heterocycles. The molecule has 3 unspecified atom stereocenters. The van der Waals surface area contributed by atoms with Crippen LogP contribution in [0.5, 0.6) is 0 Å². The molecule has 478 valence electrons. The lowest BCUT2D eigenvalue weighted by Crippen LogP contribution is -2.71. The lowest BCUT2D eigenvalue weighted by Gasteiger charge is -2.41. The second-order valence-electron chi connectivity index (χ2n) is 20.3. The quantitative estimate of drug-likeness (QED) is 0.0400. The largest absolute Gasteiger partial charge is 0.508 e. The lowest BCUT2D eigenvalue weighted by atomic mass is 9.86. The molecule has 0 amide bonds. The van der Waals surface area contributed by atoms with Crippen molar-refractivity contribution < 1.29 is 143 Å². The minimum absolute atomic E-state index is 0.0124. The SMILES string of the molecule is CC(C)(CC(Br)c1ccccc1)C(=O)OCC(F)(F)C(F)(F)C(F)(F)C(F)(F)C(F)(F)C(F)(F)CO.COC(=O)C(C)(COC(C)=O)COC(=O)OCC(F)(F)COC(=O)C(C)(C)CC(Br)c1ccccc1.COC(=O)C1(C)COC(=O)OC1. The van der Waals surface area contributed by atoms with Crippen molar-refractivity contribution in [3.8, 4) is 0 Å². The maximum Gasteiger partial charge on any atom is 0.508 e. The number of hydrogen-bond donors (Lipinski definition) is 1. The summed E-state index contributed by atoms with van der Waals surface area (Å²) in [5.41, 5.74) is -3.76. The van der Waals surface area contributed by atoms with Gasteiger partial charge in [0.25, 0.3) is 0 Å². The fourth-order valence-corrected chi connectivity index (χ4v) is 8.63. The molecule has 33 heteroatoms. The van der Waals surface area contributed by atoms with E-state index >= 15 is 0 Å². The fourth-order valence-electron chi connectivity index (χ4n) is 6.40. The van der Waals surface area contributed by atoms with Crippen LogP contribution in [0.3, 0.4) is 0 Å². The molecule has 1 aliphatic rings. The number of esters is 5. The molecule has 17 nitrogen and oxygen atoms in total. The van der Waals surface area contributed by atoms with Crippen LogP contribution in [0.4, 0.5) is 71.1 Å². The molecule has 0 aliphatic carbocycles. The Hall–Kier alpha value is -5.73. The zero-order valence-corrected chi connectivity index (χ0v) is 49.2. The van der Waals surface area contributed by atoms with Crippen molar-refractivity contribution in [1.82, 2.24) is 0 Å². The Morgan fingerprint density at radius 3 is 1.30 bits per heavy atom. The maximum absolute atomic E-state index is 14.2. The average Bonchev–Trinajstić information content (AvgIpc) is 0.798. The summed E-state index contributed by atoms with van der Waals surface area (Å²) >= 11 is 6.69. The molecule has 3 atom stereocenters. The van der Waals surface area contributed by atoms with E-state index in [0.29, 0.717) is 5.56 Å². The second-order valence-corrected chi connectivity index (χ2v) is 22.6. The van der Waals surface area contributed by atoms with Gasteiger partial charge in [-0.25, -0.2) is 9.59 Å². The number of methoxy groups -OCH3 is 2. The van der Waals surface area contributed by atoms with Gasteiger partial charge >= 0.3 is 83.6 Å². The van der Waals surface area contributed by atoms with Crippen LogP contribution >= 0.6 is 31.9 Å². The third-order valence-electron chi connectivity index (χ3n) is 11.8. The van der Waals surface area contributed by atoms with Gasteiger partial charge in [-0.2, -0.15) is 61.5 Å². The van der Waals surface area contributed by atoms with Crippen LogP contribution in [-0.4, -0.2) is 156 Å². The molecular weight excluding hydrogens is 1310 g/mol. The summed E-state index contributed by atoms with van der Waals surface area (Å²) in [7, 11) is 2.36. The van der Waals surface area contributed by atoms with Crippen LogP contribution in [0.1, 0.15) is 82.1 Å². The summed E-state index contributed by atoms with van der Waals surface area (Å²) in [6.07, 6.45) is -2.17. The Balaban J connectivity index is 0.000000700. The number of halogens is 16. The monoisotopic (exact) mass is 1370 g/mol. The molecule has 0 bridgehead atoms. The molecule has 1 fully saturated rings. The predicted molar refractivity (Wildman–Crippen MR) is 268 cm³/mol. The standard InChI is InChI=1S/C24H31BrF2O9.C20H19BrF12O3.C7H10O5/c1-16(28)33-12-23(4,20(30)32-5)13-35-21(31)36-15-24(26,27)14-34-19(29)22(2,3)11-18(25)17-9-7-6-8-10-17;1-14(2,8-12(21)11-6-4-3-5-7-11)13(35)36-10-16(24,25)18(28,29)20(32,33)19(30,31)17(26,27)15(22,23)9-34;1-7(5(8)10-2)3-11-6(9)12-4-7/h6-10,18H,11-15H2,1-5H3;3-7,12,34H,8-10H2,1-2H3;3-4H2,1-2H3. The highest BCUT2D eigenvalue weighted by molar-refractivity contribution is 9.09. The fraction of sp³-hybridized carbons (Fsp3) is 0.627. The van der Waals surface area contributed by atoms with Crippen molar-refractivity contribution in [1.29, 1.82) is 0 Å². The van der Waals surface area contributed by atoms with E-state index in [1.165, 1.54) is 14.0 Å². The highest BCUT2D eigenvalue weighted by Gasteiger charge is 2.90. The van der Waals surface area contributed by atoms with Gasteiger partial charge in [-0.15, -0.1) is 0 Å². The van der Waals surface area contributed by atoms with Gasteiger partial charge in [0.15, 0.2) is 19.8 Å². The van der Waals surface area contributed by atoms with E-state index in [-0.39, 0.29) is 30.9 Å². The molecule has 1 N–H and O–H groups in total. The van der Waals surface area contributed by atoms with Gasteiger partial charge in [-0.05, 0) is 65.5 Å².